The molecule has 0 spiro atoms. The van der Waals surface area contributed by atoms with E-state index in [0.29, 0.717) is 28.5 Å². The second-order valence-corrected chi connectivity index (χ2v) is 7.30. The number of halogens is 1. The first kappa shape index (κ1) is 19.8. The summed E-state index contributed by atoms with van der Waals surface area (Å²) in [5.41, 5.74) is 1.09. The normalized spacial score (nSPS) is 16.1. The summed E-state index contributed by atoms with van der Waals surface area (Å²) in [4.78, 5) is 38.0. The molecule has 2 aromatic carbocycles. The SMILES string of the molecule is COc1cc2c(cc1/C=C1/NC(=O)N(CC(=O)Nc3ccc(Br)cc3)C1=O)OCO2. The Labute approximate surface area is 179 Å². The lowest BCUT2D eigenvalue weighted by Crippen LogP contribution is -2.38. The van der Waals surface area contributed by atoms with Crippen molar-refractivity contribution in [2.24, 2.45) is 0 Å². The van der Waals surface area contributed by atoms with Crippen LogP contribution in [0.1, 0.15) is 5.56 Å². The summed E-state index contributed by atoms with van der Waals surface area (Å²) in [5.74, 6) is 0.362. The van der Waals surface area contributed by atoms with E-state index in [1.54, 1.807) is 36.4 Å². The number of carbonyl (C=O) groups excluding carboxylic acids is 3. The molecule has 0 unspecified atom stereocenters. The summed E-state index contributed by atoms with van der Waals surface area (Å²) in [6, 6.07) is 9.54. The largest absolute Gasteiger partial charge is 0.496 e. The molecule has 1 fully saturated rings. The highest BCUT2D eigenvalue weighted by atomic mass is 79.9. The standard InChI is InChI=1S/C20H16BrN3O6/c1-28-15-8-17-16(29-10-30-17)7-11(15)6-14-19(26)24(20(27)23-14)9-18(25)22-13-4-2-12(21)3-5-13/h2-8H,9-10H2,1H3,(H,22,25)(H,23,27)/b14-6+. The number of anilines is 1. The number of ether oxygens (including phenoxy) is 3. The Hall–Kier alpha value is -3.53. The van der Waals surface area contributed by atoms with Gasteiger partial charge in [-0.2, -0.15) is 0 Å². The topological polar surface area (TPSA) is 106 Å². The molecule has 0 bridgehead atoms. The second kappa shape index (κ2) is 8.07. The van der Waals surface area contributed by atoms with Crippen LogP contribution in [-0.2, 0) is 9.59 Å². The van der Waals surface area contributed by atoms with Gasteiger partial charge in [0.05, 0.1) is 7.11 Å². The van der Waals surface area contributed by atoms with Crippen LogP contribution in [-0.4, -0.2) is 43.2 Å². The zero-order valence-electron chi connectivity index (χ0n) is 15.7. The van der Waals surface area contributed by atoms with Gasteiger partial charge in [-0.3, -0.25) is 9.59 Å². The van der Waals surface area contributed by atoms with Gasteiger partial charge in [0, 0.05) is 21.8 Å². The average molecular weight is 474 g/mol. The molecule has 2 aromatic rings. The van der Waals surface area contributed by atoms with Gasteiger partial charge in [-0.1, -0.05) is 15.9 Å². The Kier molecular flexibility index (Phi) is 5.32. The minimum absolute atomic E-state index is 0.0219. The Morgan fingerprint density at radius 2 is 1.93 bits per heavy atom. The van der Waals surface area contributed by atoms with Crippen LogP contribution < -0.4 is 24.8 Å². The number of hydrogen-bond acceptors (Lipinski definition) is 6. The first-order chi connectivity index (χ1) is 14.4. The first-order valence-electron chi connectivity index (χ1n) is 8.82. The van der Waals surface area contributed by atoms with Gasteiger partial charge in [-0.15, -0.1) is 0 Å². The Morgan fingerprint density at radius 1 is 1.23 bits per heavy atom. The lowest BCUT2D eigenvalue weighted by atomic mass is 10.1. The number of amides is 4. The van der Waals surface area contributed by atoms with Gasteiger partial charge in [0.25, 0.3) is 5.91 Å². The zero-order chi connectivity index (χ0) is 21.3. The van der Waals surface area contributed by atoms with E-state index in [1.165, 1.54) is 13.2 Å². The summed E-state index contributed by atoms with van der Waals surface area (Å²) >= 11 is 3.31. The van der Waals surface area contributed by atoms with Gasteiger partial charge in [-0.25, -0.2) is 9.69 Å². The van der Waals surface area contributed by atoms with E-state index in [1.807, 2.05) is 0 Å². The number of nitrogens with zero attached hydrogens (tertiary/aromatic N) is 1. The van der Waals surface area contributed by atoms with Crippen LogP contribution in [0.4, 0.5) is 10.5 Å². The summed E-state index contributed by atoms with van der Waals surface area (Å²) in [5, 5.41) is 5.13. The molecule has 10 heteroatoms. The van der Waals surface area contributed by atoms with Crippen molar-refractivity contribution >= 4 is 45.5 Å². The van der Waals surface area contributed by atoms with Crippen LogP contribution in [0.2, 0.25) is 0 Å². The van der Waals surface area contributed by atoms with Crippen LogP contribution in [0.5, 0.6) is 17.2 Å². The van der Waals surface area contributed by atoms with Crippen molar-refractivity contribution in [3.8, 4) is 17.2 Å². The highest BCUT2D eigenvalue weighted by molar-refractivity contribution is 9.10. The molecule has 1 saturated heterocycles. The van der Waals surface area contributed by atoms with Crippen LogP contribution in [0.3, 0.4) is 0 Å². The number of benzene rings is 2. The van der Waals surface area contributed by atoms with Crippen LogP contribution in [0, 0.1) is 0 Å². The van der Waals surface area contributed by atoms with E-state index in [9.17, 15) is 14.4 Å². The molecule has 0 atom stereocenters. The third kappa shape index (κ3) is 3.94. The number of fused-ring (bicyclic) bond motifs is 1. The van der Waals surface area contributed by atoms with Crippen molar-refractivity contribution in [3.63, 3.8) is 0 Å². The molecule has 0 saturated carbocycles. The van der Waals surface area contributed by atoms with Gasteiger partial charge in [0.15, 0.2) is 11.5 Å². The number of methoxy groups -OCH3 is 1. The van der Waals surface area contributed by atoms with Crippen molar-refractivity contribution in [1.29, 1.82) is 0 Å². The summed E-state index contributed by atoms with van der Waals surface area (Å²) in [6.07, 6.45) is 1.47. The van der Waals surface area contributed by atoms with Crippen molar-refractivity contribution in [2.45, 2.75) is 0 Å². The number of rotatable bonds is 5. The first-order valence-corrected chi connectivity index (χ1v) is 9.61. The molecule has 2 heterocycles. The van der Waals surface area contributed by atoms with Gasteiger partial charge < -0.3 is 24.8 Å². The van der Waals surface area contributed by atoms with Gasteiger partial charge >= 0.3 is 6.03 Å². The minimum atomic E-state index is -0.683. The predicted molar refractivity (Wildman–Crippen MR) is 110 cm³/mol. The molecule has 9 nitrogen and oxygen atoms in total. The van der Waals surface area contributed by atoms with Gasteiger partial charge in [0.2, 0.25) is 12.7 Å². The summed E-state index contributed by atoms with van der Waals surface area (Å²) < 4.78 is 16.8. The molecule has 2 aliphatic rings. The van der Waals surface area contributed by atoms with Crippen molar-refractivity contribution in [3.05, 3.63) is 52.1 Å². The lowest BCUT2D eigenvalue weighted by molar-refractivity contribution is -0.127. The van der Waals surface area contributed by atoms with Gasteiger partial charge in [-0.05, 0) is 36.4 Å². The number of hydrogen-bond donors (Lipinski definition) is 2. The number of nitrogens with one attached hydrogen (secondary N) is 2. The highest BCUT2D eigenvalue weighted by Gasteiger charge is 2.35. The lowest BCUT2D eigenvalue weighted by Gasteiger charge is -2.12. The molecule has 0 radical (unpaired) electrons. The highest BCUT2D eigenvalue weighted by Crippen LogP contribution is 2.39. The summed E-state index contributed by atoms with van der Waals surface area (Å²) in [6.45, 7) is -0.328. The summed E-state index contributed by atoms with van der Waals surface area (Å²) in [7, 11) is 1.48. The molecule has 30 heavy (non-hydrogen) atoms. The molecule has 2 N–H and O–H groups in total. The predicted octanol–water partition coefficient (Wildman–Crippen LogP) is 2.72. The fourth-order valence-corrected chi connectivity index (χ4v) is 3.24. The van der Waals surface area contributed by atoms with Crippen LogP contribution >= 0.6 is 15.9 Å². The van der Waals surface area contributed by atoms with E-state index in [4.69, 9.17) is 14.2 Å². The maximum atomic E-state index is 12.7. The fourth-order valence-electron chi connectivity index (χ4n) is 2.98. The number of urea groups is 1. The maximum absolute atomic E-state index is 12.7. The van der Waals surface area contributed by atoms with Crippen LogP contribution in [0.15, 0.2) is 46.6 Å². The quantitative estimate of drug-likeness (QED) is 0.510. The van der Waals surface area contributed by atoms with Gasteiger partial charge in [0.1, 0.15) is 18.0 Å². The fraction of sp³-hybridized carbons (Fsp3) is 0.150. The third-order valence-corrected chi connectivity index (χ3v) is 4.95. The minimum Gasteiger partial charge on any atom is -0.496 e. The molecule has 4 rings (SSSR count). The molecule has 4 amide bonds. The Bertz CT molecular complexity index is 1070. The number of imide groups is 1. The van der Waals surface area contributed by atoms with Crippen molar-refractivity contribution in [1.82, 2.24) is 10.2 Å². The number of carbonyl (C=O) groups is 3. The molecular weight excluding hydrogens is 458 g/mol. The molecular formula is C20H16BrN3O6. The Morgan fingerprint density at radius 3 is 2.63 bits per heavy atom. The average Bonchev–Trinajstić information content (AvgIpc) is 3.28. The van der Waals surface area contributed by atoms with E-state index in [2.05, 4.69) is 26.6 Å². The zero-order valence-corrected chi connectivity index (χ0v) is 17.3. The van der Waals surface area contributed by atoms with Crippen LogP contribution in [0.25, 0.3) is 6.08 Å². The molecule has 2 aliphatic heterocycles. The smallest absolute Gasteiger partial charge is 0.329 e. The van der Waals surface area contributed by atoms with E-state index in [0.717, 1.165) is 9.37 Å². The van der Waals surface area contributed by atoms with E-state index >= 15 is 0 Å². The van der Waals surface area contributed by atoms with Crippen molar-refractivity contribution in [2.75, 3.05) is 25.8 Å². The third-order valence-electron chi connectivity index (χ3n) is 4.42. The molecule has 154 valence electrons. The maximum Gasteiger partial charge on any atom is 0.329 e. The Balaban J connectivity index is 1.50. The van der Waals surface area contributed by atoms with Crippen molar-refractivity contribution < 1.29 is 28.6 Å². The van der Waals surface area contributed by atoms with E-state index in [-0.39, 0.29) is 12.5 Å². The second-order valence-electron chi connectivity index (χ2n) is 6.38. The monoisotopic (exact) mass is 473 g/mol. The molecule has 0 aromatic heterocycles. The van der Waals surface area contributed by atoms with E-state index < -0.39 is 24.4 Å². The molecule has 0 aliphatic carbocycles.